The van der Waals surface area contributed by atoms with Crippen molar-refractivity contribution >= 4 is 17.9 Å². The van der Waals surface area contributed by atoms with Crippen molar-refractivity contribution in [3.63, 3.8) is 0 Å². The van der Waals surface area contributed by atoms with E-state index in [4.69, 9.17) is 14.5 Å². The second-order valence-electron chi connectivity index (χ2n) is 8.84. The Morgan fingerprint density at radius 1 is 0.909 bits per heavy atom. The number of hydrogen-bond acceptors (Lipinski definition) is 10. The third-order valence-corrected chi connectivity index (χ3v) is 6.20. The van der Waals surface area contributed by atoms with Crippen molar-refractivity contribution in [3.05, 3.63) is 20.2 Å². The van der Waals surface area contributed by atoms with Crippen LogP contribution in [0.5, 0.6) is 0 Å². The maximum absolute atomic E-state index is 12.7. The van der Waals surface area contributed by atoms with Crippen LogP contribution in [0.1, 0.15) is 52.4 Å². The lowest BCUT2D eigenvalue weighted by atomic mass is 9.76. The zero-order valence-corrected chi connectivity index (χ0v) is 18.3. The van der Waals surface area contributed by atoms with E-state index in [2.05, 4.69) is 0 Å². The maximum Gasteiger partial charge on any atom is 0.319 e. The summed E-state index contributed by atoms with van der Waals surface area (Å²) in [5.74, 6) is -10.3. The fraction of sp³-hybridized carbons (Fsp3) is 0.842. The van der Waals surface area contributed by atoms with Crippen LogP contribution in [0.4, 0.5) is 0 Å². The number of nitrogens with zero attached hydrogens (tertiary/aromatic N) is 2. The molecule has 6 atom stereocenters. The van der Waals surface area contributed by atoms with E-state index in [1.165, 1.54) is 13.8 Å². The van der Waals surface area contributed by atoms with Crippen LogP contribution in [0.2, 0.25) is 0 Å². The largest absolute Gasteiger partial charge is 0.481 e. The second kappa shape index (κ2) is 10.8. The Bertz CT molecular complexity index is 741. The Labute approximate surface area is 188 Å². The number of carbonyl (C=O) groups excluding carboxylic acids is 1. The van der Waals surface area contributed by atoms with Gasteiger partial charge in [-0.2, -0.15) is 4.89 Å². The van der Waals surface area contributed by atoms with E-state index in [9.17, 15) is 44.8 Å². The molecule has 2 saturated carbocycles. The lowest BCUT2D eigenvalue weighted by Crippen LogP contribution is -2.48. The molecule has 2 N–H and O–H groups in total. The molecule has 0 spiro atoms. The number of carboxylic acid groups (broad SMARTS) is 2. The molecule has 0 aromatic carbocycles. The molecular weight excluding hydrogens is 448 g/mol. The Morgan fingerprint density at radius 2 is 1.42 bits per heavy atom. The van der Waals surface area contributed by atoms with Crippen LogP contribution in [-0.4, -0.2) is 62.4 Å². The van der Waals surface area contributed by atoms with Crippen molar-refractivity contribution in [2.45, 2.75) is 70.2 Å². The van der Waals surface area contributed by atoms with Crippen molar-refractivity contribution in [1.29, 1.82) is 0 Å². The number of hydrogen-bond donors (Lipinski definition) is 2. The maximum atomic E-state index is 12.7. The average molecular weight is 476 g/mol. The number of carboxylic acids is 2. The van der Waals surface area contributed by atoms with Crippen molar-refractivity contribution in [1.82, 2.24) is 0 Å². The number of ether oxygens (including phenoxy) is 1. The summed E-state index contributed by atoms with van der Waals surface area (Å²) < 4.78 is 5.17. The van der Waals surface area contributed by atoms with Crippen LogP contribution in [0, 0.1) is 43.9 Å². The van der Waals surface area contributed by atoms with Gasteiger partial charge in [-0.1, -0.05) is 0 Å². The number of carbonyl (C=O) groups is 3. The normalized spacial score (nSPS) is 30.2. The van der Waals surface area contributed by atoms with Gasteiger partial charge in [-0.15, -0.1) is 0 Å². The molecule has 0 heterocycles. The van der Waals surface area contributed by atoms with Gasteiger partial charge < -0.3 is 14.9 Å². The van der Waals surface area contributed by atoms with Crippen LogP contribution in [-0.2, 0) is 28.9 Å². The predicted molar refractivity (Wildman–Crippen MR) is 106 cm³/mol. The number of nitro groups is 2. The lowest BCUT2D eigenvalue weighted by molar-refractivity contribution is -0.542. The summed E-state index contributed by atoms with van der Waals surface area (Å²) in [4.78, 5) is 67.3. The smallest absolute Gasteiger partial charge is 0.319 e. The summed E-state index contributed by atoms with van der Waals surface area (Å²) >= 11 is 0. The quantitative estimate of drug-likeness (QED) is 0.151. The van der Waals surface area contributed by atoms with Crippen LogP contribution in [0.3, 0.4) is 0 Å². The van der Waals surface area contributed by atoms with Gasteiger partial charge in [0.2, 0.25) is 17.9 Å². The SMILES string of the molecule is CC(C)(OOCC1C(C(=O)O)CCCC1[N+](=O)[O-])OC(=O)C1C(C(=O)O)CCCC1[N+](=O)[O-]. The fourth-order valence-corrected chi connectivity index (χ4v) is 4.63. The molecule has 14 heteroatoms. The van der Waals surface area contributed by atoms with Crippen LogP contribution in [0.25, 0.3) is 0 Å². The first-order valence-corrected chi connectivity index (χ1v) is 10.6. The van der Waals surface area contributed by atoms with E-state index in [0.29, 0.717) is 6.42 Å². The minimum atomic E-state index is -1.82. The Morgan fingerprint density at radius 3 is 1.94 bits per heavy atom. The average Bonchev–Trinajstić information content (AvgIpc) is 2.72. The number of rotatable bonds is 10. The molecule has 0 saturated heterocycles. The summed E-state index contributed by atoms with van der Waals surface area (Å²) in [6.45, 7) is 2.03. The summed E-state index contributed by atoms with van der Waals surface area (Å²) in [5.41, 5.74) is 0. The molecule has 2 aliphatic rings. The fourth-order valence-electron chi connectivity index (χ4n) is 4.63. The Kier molecular flexibility index (Phi) is 8.66. The highest BCUT2D eigenvalue weighted by Crippen LogP contribution is 2.35. The zero-order valence-electron chi connectivity index (χ0n) is 18.3. The highest BCUT2D eigenvalue weighted by molar-refractivity contribution is 5.82. The molecule has 6 unspecified atom stereocenters. The molecule has 0 amide bonds. The van der Waals surface area contributed by atoms with Crippen LogP contribution < -0.4 is 0 Å². The van der Waals surface area contributed by atoms with E-state index >= 15 is 0 Å². The highest BCUT2D eigenvalue weighted by Gasteiger charge is 2.51. The molecule has 0 aromatic heterocycles. The third kappa shape index (κ3) is 6.57. The van der Waals surface area contributed by atoms with Gasteiger partial charge in [-0.25, -0.2) is 4.89 Å². The molecule has 0 aliphatic heterocycles. The standard InChI is InChI=1S/C19H28N2O12/c1-19(2,32-18(26)15-11(17(24)25)6-4-8-14(15)21(29)30)33-31-9-12-10(16(22)23)5-3-7-13(12)20(27)28/h10-15H,3-9H2,1-2H3,(H,22,23)(H,24,25). The topological polar surface area (TPSA) is 206 Å². The van der Waals surface area contributed by atoms with Gasteiger partial charge in [0.05, 0.1) is 24.4 Å². The zero-order chi connectivity index (χ0) is 24.9. The minimum Gasteiger partial charge on any atom is -0.481 e. The van der Waals surface area contributed by atoms with Crippen LogP contribution >= 0.6 is 0 Å². The van der Waals surface area contributed by atoms with E-state index in [1.54, 1.807) is 0 Å². The molecular formula is C19H28N2O12. The molecule has 0 radical (unpaired) electrons. The lowest BCUT2D eigenvalue weighted by Gasteiger charge is -2.33. The Balaban J connectivity index is 2.04. The predicted octanol–water partition coefficient (Wildman–Crippen LogP) is 1.51. The van der Waals surface area contributed by atoms with Crippen LogP contribution in [0.15, 0.2) is 0 Å². The highest BCUT2D eigenvalue weighted by atomic mass is 17.2. The summed E-state index contributed by atoms with van der Waals surface area (Å²) in [6.07, 6.45) is 1.19. The van der Waals surface area contributed by atoms with Gasteiger partial charge in [0.15, 0.2) is 0 Å². The first-order chi connectivity index (χ1) is 15.4. The van der Waals surface area contributed by atoms with E-state index < -0.39 is 75.9 Å². The van der Waals surface area contributed by atoms with E-state index in [-0.39, 0.29) is 32.1 Å². The molecule has 0 aromatic rings. The van der Waals surface area contributed by atoms with E-state index in [1.807, 2.05) is 0 Å². The summed E-state index contributed by atoms with van der Waals surface area (Å²) in [5, 5.41) is 41.5. The molecule has 186 valence electrons. The Hall–Kier alpha value is -2.87. The van der Waals surface area contributed by atoms with Gasteiger partial charge >= 0.3 is 17.9 Å². The molecule has 2 rings (SSSR count). The van der Waals surface area contributed by atoms with Crippen molar-refractivity contribution in [2.24, 2.45) is 23.7 Å². The number of aliphatic carboxylic acids is 2. The summed E-state index contributed by atoms with van der Waals surface area (Å²) in [6, 6.07) is -2.57. The third-order valence-electron chi connectivity index (χ3n) is 6.20. The summed E-state index contributed by atoms with van der Waals surface area (Å²) in [7, 11) is 0. The molecule has 0 bridgehead atoms. The van der Waals surface area contributed by atoms with Crippen molar-refractivity contribution in [3.8, 4) is 0 Å². The number of esters is 1. The first-order valence-electron chi connectivity index (χ1n) is 10.6. The first kappa shape index (κ1) is 26.4. The minimum absolute atomic E-state index is 0.0227. The van der Waals surface area contributed by atoms with Crippen molar-refractivity contribution in [2.75, 3.05) is 6.61 Å². The molecule has 2 aliphatic carbocycles. The van der Waals surface area contributed by atoms with Crippen molar-refractivity contribution < 1.29 is 49.0 Å². The monoisotopic (exact) mass is 476 g/mol. The molecule has 2 fully saturated rings. The van der Waals surface area contributed by atoms with E-state index in [0.717, 1.165) is 0 Å². The molecule has 14 nitrogen and oxygen atoms in total. The molecule has 33 heavy (non-hydrogen) atoms. The van der Waals surface area contributed by atoms with Gasteiger partial charge in [-0.05, 0) is 25.7 Å². The van der Waals surface area contributed by atoms with Gasteiger partial charge in [0.1, 0.15) is 5.92 Å². The van der Waals surface area contributed by atoms with Gasteiger partial charge in [0, 0.05) is 36.5 Å². The van der Waals surface area contributed by atoms with Gasteiger partial charge in [0.25, 0.3) is 0 Å². The van der Waals surface area contributed by atoms with Gasteiger partial charge in [-0.3, -0.25) is 34.6 Å². The second-order valence-corrected chi connectivity index (χ2v) is 8.84.